The van der Waals surface area contributed by atoms with Crippen LogP contribution in [-0.2, 0) is 4.79 Å². The van der Waals surface area contributed by atoms with Crippen molar-refractivity contribution in [2.75, 3.05) is 6.61 Å². The smallest absolute Gasteiger partial charge is 0.271 e. The van der Waals surface area contributed by atoms with Crippen molar-refractivity contribution >= 4 is 18.1 Å². The molecule has 0 fully saturated rings. The Hall–Kier alpha value is -3.22. The van der Waals surface area contributed by atoms with E-state index in [9.17, 15) is 14.7 Å². The van der Waals surface area contributed by atoms with E-state index in [1.54, 1.807) is 36.4 Å². The molecule has 0 bridgehead atoms. The molecule has 0 saturated heterocycles. The first kappa shape index (κ1) is 15.2. The van der Waals surface area contributed by atoms with E-state index in [1.807, 2.05) is 0 Å². The summed E-state index contributed by atoms with van der Waals surface area (Å²) in [5.41, 5.74) is 3.31. The van der Waals surface area contributed by atoms with Gasteiger partial charge in [0.15, 0.2) is 0 Å². The standard InChI is InChI=1S/C15H13N3O4/c19-14(20)10-22-13-4-2-1-3-12(13)9-17-18-15(21)11-5-7-16-8-6-11/h1-9H,10H2,(H,18,21)(H,19,20)/p-1/b17-9-. The molecule has 0 saturated carbocycles. The Labute approximate surface area is 126 Å². The Kier molecular flexibility index (Phi) is 5.20. The molecule has 112 valence electrons. The van der Waals surface area contributed by atoms with Crippen LogP contribution in [0.3, 0.4) is 0 Å². The minimum Gasteiger partial charge on any atom is -0.546 e. The summed E-state index contributed by atoms with van der Waals surface area (Å²) in [5, 5.41) is 14.2. The number of hydrogen-bond acceptors (Lipinski definition) is 6. The maximum Gasteiger partial charge on any atom is 0.271 e. The second kappa shape index (κ2) is 7.53. The Morgan fingerprint density at radius 1 is 1.23 bits per heavy atom. The summed E-state index contributed by atoms with van der Waals surface area (Å²) in [6, 6.07) is 9.81. The normalized spacial score (nSPS) is 10.4. The molecule has 1 aromatic carbocycles. The van der Waals surface area contributed by atoms with Crippen LogP contribution in [0.1, 0.15) is 15.9 Å². The van der Waals surface area contributed by atoms with Gasteiger partial charge in [0.05, 0.1) is 12.2 Å². The molecule has 0 spiro atoms. The number of ether oxygens (including phenoxy) is 1. The SMILES string of the molecule is O=C([O-])COc1ccccc1/C=N\NC(=O)c1ccncc1. The van der Waals surface area contributed by atoms with Crippen LogP contribution < -0.4 is 15.3 Å². The highest BCUT2D eigenvalue weighted by molar-refractivity contribution is 5.94. The maximum absolute atomic E-state index is 11.8. The van der Waals surface area contributed by atoms with Crippen LogP contribution in [0, 0.1) is 0 Å². The zero-order valence-corrected chi connectivity index (χ0v) is 11.4. The summed E-state index contributed by atoms with van der Waals surface area (Å²) in [6.45, 7) is -0.561. The first-order valence-electron chi connectivity index (χ1n) is 6.32. The maximum atomic E-state index is 11.8. The van der Waals surface area contributed by atoms with E-state index in [4.69, 9.17) is 4.74 Å². The number of nitrogens with one attached hydrogen (secondary N) is 1. The van der Waals surface area contributed by atoms with Gasteiger partial charge in [-0.1, -0.05) is 12.1 Å². The van der Waals surface area contributed by atoms with Gasteiger partial charge in [0.2, 0.25) is 0 Å². The number of amides is 1. The number of carbonyl (C=O) groups excluding carboxylic acids is 2. The summed E-state index contributed by atoms with van der Waals surface area (Å²) in [5.74, 6) is -1.38. The van der Waals surface area contributed by atoms with E-state index < -0.39 is 12.6 Å². The highest BCUT2D eigenvalue weighted by Crippen LogP contribution is 2.15. The molecule has 0 atom stereocenters. The van der Waals surface area contributed by atoms with Crippen molar-refractivity contribution in [1.29, 1.82) is 0 Å². The van der Waals surface area contributed by atoms with Crippen molar-refractivity contribution in [2.24, 2.45) is 5.10 Å². The minimum absolute atomic E-state index is 0.327. The average Bonchev–Trinajstić information content (AvgIpc) is 2.54. The number of para-hydroxylation sites is 1. The van der Waals surface area contributed by atoms with E-state index in [-0.39, 0.29) is 5.91 Å². The molecule has 7 nitrogen and oxygen atoms in total. The van der Waals surface area contributed by atoms with Gasteiger partial charge in [-0.25, -0.2) is 5.43 Å². The zero-order valence-electron chi connectivity index (χ0n) is 11.4. The molecule has 2 rings (SSSR count). The predicted molar refractivity (Wildman–Crippen MR) is 76.2 cm³/mol. The van der Waals surface area contributed by atoms with Gasteiger partial charge < -0.3 is 14.6 Å². The third-order valence-corrected chi connectivity index (χ3v) is 2.58. The minimum atomic E-state index is -1.32. The third-order valence-electron chi connectivity index (χ3n) is 2.58. The summed E-state index contributed by atoms with van der Waals surface area (Å²) in [6.07, 6.45) is 4.37. The lowest BCUT2D eigenvalue weighted by molar-refractivity contribution is -0.307. The fourth-order valence-corrected chi connectivity index (χ4v) is 1.58. The van der Waals surface area contributed by atoms with Gasteiger partial charge >= 0.3 is 0 Å². The molecule has 0 unspecified atom stereocenters. The molecule has 2 aromatic rings. The number of pyridine rings is 1. The lowest BCUT2D eigenvalue weighted by atomic mass is 10.2. The number of carbonyl (C=O) groups is 2. The average molecular weight is 298 g/mol. The molecule has 1 heterocycles. The molecular weight excluding hydrogens is 286 g/mol. The van der Waals surface area contributed by atoms with Gasteiger partial charge in [-0.15, -0.1) is 0 Å². The van der Waals surface area contributed by atoms with Crippen molar-refractivity contribution in [1.82, 2.24) is 10.4 Å². The fourth-order valence-electron chi connectivity index (χ4n) is 1.58. The molecule has 1 N–H and O–H groups in total. The Balaban J connectivity index is 2.01. The number of aromatic nitrogens is 1. The topological polar surface area (TPSA) is 104 Å². The molecule has 1 amide bonds. The second-order valence-corrected chi connectivity index (χ2v) is 4.13. The number of nitrogens with zero attached hydrogens (tertiary/aromatic N) is 2. The lowest BCUT2D eigenvalue weighted by Gasteiger charge is -2.08. The van der Waals surface area contributed by atoms with Crippen LogP contribution in [-0.4, -0.2) is 29.7 Å². The summed E-state index contributed by atoms with van der Waals surface area (Å²) in [4.78, 5) is 26.0. The van der Waals surface area contributed by atoms with Crippen LogP contribution in [0.4, 0.5) is 0 Å². The Bertz CT molecular complexity index is 686. The molecule has 0 aliphatic rings. The number of hydrazone groups is 1. The van der Waals surface area contributed by atoms with Gasteiger partial charge in [-0.3, -0.25) is 9.78 Å². The second-order valence-electron chi connectivity index (χ2n) is 4.13. The highest BCUT2D eigenvalue weighted by atomic mass is 16.5. The number of aliphatic carboxylic acids is 1. The largest absolute Gasteiger partial charge is 0.546 e. The summed E-state index contributed by atoms with van der Waals surface area (Å²) < 4.78 is 5.07. The van der Waals surface area contributed by atoms with Gasteiger partial charge in [0.1, 0.15) is 12.4 Å². The molecule has 0 aliphatic heterocycles. The number of hydrogen-bond donors (Lipinski definition) is 1. The van der Waals surface area contributed by atoms with E-state index in [1.165, 1.54) is 18.6 Å². The number of carboxylic acid groups (broad SMARTS) is 1. The van der Waals surface area contributed by atoms with Crippen LogP contribution in [0.2, 0.25) is 0 Å². The lowest BCUT2D eigenvalue weighted by Crippen LogP contribution is -2.29. The van der Waals surface area contributed by atoms with Crippen LogP contribution in [0.25, 0.3) is 0 Å². The van der Waals surface area contributed by atoms with E-state index in [0.717, 1.165) is 0 Å². The first-order chi connectivity index (χ1) is 10.7. The van der Waals surface area contributed by atoms with Crippen molar-refractivity contribution in [3.8, 4) is 5.75 Å². The van der Waals surface area contributed by atoms with Gasteiger partial charge in [-0.05, 0) is 24.3 Å². The van der Waals surface area contributed by atoms with Crippen LogP contribution in [0.5, 0.6) is 5.75 Å². The summed E-state index contributed by atoms with van der Waals surface area (Å²) in [7, 11) is 0. The number of rotatable bonds is 6. The third kappa shape index (κ3) is 4.41. The van der Waals surface area contributed by atoms with Gasteiger partial charge in [-0.2, -0.15) is 5.10 Å². The molecule has 1 aromatic heterocycles. The Morgan fingerprint density at radius 2 is 1.95 bits per heavy atom. The number of carboxylic acids is 1. The number of benzene rings is 1. The van der Waals surface area contributed by atoms with Crippen LogP contribution in [0.15, 0.2) is 53.9 Å². The highest BCUT2D eigenvalue weighted by Gasteiger charge is 2.03. The summed E-state index contributed by atoms with van der Waals surface area (Å²) >= 11 is 0. The van der Waals surface area contributed by atoms with Gasteiger partial charge in [0, 0.05) is 23.5 Å². The predicted octanol–water partition coefficient (Wildman–Crippen LogP) is -0.0258. The molecule has 7 heteroatoms. The van der Waals surface area contributed by atoms with Crippen molar-refractivity contribution < 1.29 is 19.4 Å². The van der Waals surface area contributed by atoms with E-state index in [0.29, 0.717) is 16.9 Å². The quantitative estimate of drug-likeness (QED) is 0.596. The van der Waals surface area contributed by atoms with Gasteiger partial charge in [0.25, 0.3) is 5.91 Å². The van der Waals surface area contributed by atoms with Crippen molar-refractivity contribution in [3.05, 3.63) is 59.9 Å². The van der Waals surface area contributed by atoms with E-state index >= 15 is 0 Å². The van der Waals surface area contributed by atoms with E-state index in [2.05, 4.69) is 15.5 Å². The molecular formula is C15H12N3O4-. The molecule has 22 heavy (non-hydrogen) atoms. The molecule has 0 aliphatic carbocycles. The monoisotopic (exact) mass is 298 g/mol. The zero-order chi connectivity index (χ0) is 15.8. The van der Waals surface area contributed by atoms with Crippen molar-refractivity contribution in [3.63, 3.8) is 0 Å². The fraction of sp³-hybridized carbons (Fsp3) is 0.0667. The first-order valence-corrected chi connectivity index (χ1v) is 6.32. The molecule has 0 radical (unpaired) electrons. The van der Waals surface area contributed by atoms with Crippen LogP contribution >= 0.6 is 0 Å². The Morgan fingerprint density at radius 3 is 2.68 bits per heavy atom. The van der Waals surface area contributed by atoms with Crippen molar-refractivity contribution in [2.45, 2.75) is 0 Å².